The first-order valence-corrected chi connectivity index (χ1v) is 8.55. The third kappa shape index (κ3) is 4.46. The molecule has 2 heteroatoms. The Morgan fingerprint density at radius 3 is 2.44 bits per heavy atom. The molecule has 0 fully saturated rings. The minimum Gasteiger partial charge on any atom is -0.295 e. The molecule has 0 amide bonds. The van der Waals surface area contributed by atoms with E-state index in [4.69, 9.17) is 0 Å². The number of carbonyl (C=O) groups excluding carboxylic acids is 1. The lowest BCUT2D eigenvalue weighted by molar-refractivity contribution is -0.114. The average Bonchev–Trinajstić information content (AvgIpc) is 2.77. The summed E-state index contributed by atoms with van der Waals surface area (Å²) in [5, 5.41) is 0. The summed E-state index contributed by atoms with van der Waals surface area (Å²) in [5.41, 5.74) is 1.38. The van der Waals surface area contributed by atoms with E-state index in [9.17, 15) is 4.79 Å². The summed E-state index contributed by atoms with van der Waals surface area (Å²) in [5.74, 6) is 1.05. The van der Waals surface area contributed by atoms with Crippen LogP contribution in [-0.4, -0.2) is 16.8 Å². The van der Waals surface area contributed by atoms with Crippen molar-refractivity contribution < 1.29 is 4.79 Å². The SMILES string of the molecule is CCC(CC)(CCC(C)CC1=CC(=O)CC1)SC. The highest BCUT2D eigenvalue weighted by Gasteiger charge is 2.25. The van der Waals surface area contributed by atoms with Gasteiger partial charge in [-0.2, -0.15) is 11.8 Å². The molecular formula is C16H28OS. The fraction of sp³-hybridized carbons (Fsp3) is 0.812. The predicted molar refractivity (Wildman–Crippen MR) is 82.2 cm³/mol. The van der Waals surface area contributed by atoms with Crippen molar-refractivity contribution in [1.82, 2.24) is 0 Å². The lowest BCUT2D eigenvalue weighted by atomic mass is 9.89. The number of thioether (sulfide) groups is 1. The van der Waals surface area contributed by atoms with E-state index < -0.39 is 0 Å². The molecular weight excluding hydrogens is 240 g/mol. The molecule has 0 saturated heterocycles. The fourth-order valence-corrected chi connectivity index (χ4v) is 3.77. The minimum atomic E-state index is 0.331. The van der Waals surface area contributed by atoms with Gasteiger partial charge in [0.2, 0.25) is 0 Å². The molecule has 0 aliphatic heterocycles. The van der Waals surface area contributed by atoms with Crippen molar-refractivity contribution in [3.8, 4) is 0 Å². The molecule has 0 N–H and O–H groups in total. The van der Waals surface area contributed by atoms with Gasteiger partial charge in [-0.25, -0.2) is 0 Å². The number of ketones is 1. The largest absolute Gasteiger partial charge is 0.295 e. The zero-order chi connectivity index (χ0) is 13.6. The van der Waals surface area contributed by atoms with Crippen LogP contribution in [0.3, 0.4) is 0 Å². The van der Waals surface area contributed by atoms with Crippen LogP contribution in [0.15, 0.2) is 11.6 Å². The standard InChI is InChI=1S/C16H28OS/c1-5-16(6-2,18-4)10-9-13(3)11-14-7-8-15(17)12-14/h12-13H,5-11H2,1-4H3. The maximum atomic E-state index is 11.2. The van der Waals surface area contributed by atoms with Crippen LogP contribution in [0.4, 0.5) is 0 Å². The Kier molecular flexibility index (Phi) is 6.48. The Hall–Kier alpha value is -0.240. The molecule has 0 bridgehead atoms. The molecule has 104 valence electrons. The summed E-state index contributed by atoms with van der Waals surface area (Å²) in [6.45, 7) is 6.95. The van der Waals surface area contributed by atoms with E-state index in [2.05, 4.69) is 27.0 Å². The van der Waals surface area contributed by atoms with Crippen LogP contribution in [-0.2, 0) is 4.79 Å². The highest BCUT2D eigenvalue weighted by molar-refractivity contribution is 8.00. The van der Waals surface area contributed by atoms with Crippen molar-refractivity contribution in [3.63, 3.8) is 0 Å². The molecule has 0 spiro atoms. The highest BCUT2D eigenvalue weighted by Crippen LogP contribution is 2.37. The van der Waals surface area contributed by atoms with E-state index in [0.29, 0.717) is 16.4 Å². The van der Waals surface area contributed by atoms with E-state index in [1.165, 1.54) is 31.3 Å². The van der Waals surface area contributed by atoms with Gasteiger partial charge >= 0.3 is 0 Å². The first-order chi connectivity index (χ1) is 8.55. The summed E-state index contributed by atoms with van der Waals surface area (Å²) < 4.78 is 0.480. The average molecular weight is 268 g/mol. The van der Waals surface area contributed by atoms with Gasteiger partial charge in [-0.1, -0.05) is 26.3 Å². The molecule has 0 saturated carbocycles. The van der Waals surface area contributed by atoms with Gasteiger partial charge in [-0.15, -0.1) is 0 Å². The van der Waals surface area contributed by atoms with E-state index in [0.717, 1.165) is 19.3 Å². The smallest absolute Gasteiger partial charge is 0.155 e. The van der Waals surface area contributed by atoms with Gasteiger partial charge in [0.25, 0.3) is 0 Å². The van der Waals surface area contributed by atoms with Crippen LogP contribution < -0.4 is 0 Å². The van der Waals surface area contributed by atoms with E-state index in [-0.39, 0.29) is 0 Å². The summed E-state index contributed by atoms with van der Waals surface area (Å²) >= 11 is 2.03. The second kappa shape index (κ2) is 7.37. The van der Waals surface area contributed by atoms with Crippen LogP contribution in [0, 0.1) is 5.92 Å². The Balaban J connectivity index is 2.38. The van der Waals surface area contributed by atoms with Gasteiger partial charge in [0, 0.05) is 11.2 Å². The first-order valence-electron chi connectivity index (χ1n) is 7.32. The van der Waals surface area contributed by atoms with Gasteiger partial charge in [-0.05, 0) is 56.8 Å². The molecule has 1 atom stereocenters. The monoisotopic (exact) mass is 268 g/mol. The van der Waals surface area contributed by atoms with Crippen molar-refractivity contribution in [2.24, 2.45) is 5.92 Å². The van der Waals surface area contributed by atoms with Crippen LogP contribution >= 0.6 is 11.8 Å². The van der Waals surface area contributed by atoms with Crippen molar-refractivity contribution >= 4 is 17.5 Å². The second-order valence-corrected chi connectivity index (χ2v) is 6.99. The van der Waals surface area contributed by atoms with Gasteiger partial charge in [0.1, 0.15) is 0 Å². The number of allylic oxidation sites excluding steroid dienone is 2. The van der Waals surface area contributed by atoms with Crippen LogP contribution in [0.5, 0.6) is 0 Å². The van der Waals surface area contributed by atoms with Gasteiger partial charge in [0.15, 0.2) is 5.78 Å². The van der Waals surface area contributed by atoms with Crippen LogP contribution in [0.2, 0.25) is 0 Å². The van der Waals surface area contributed by atoms with Crippen molar-refractivity contribution in [1.29, 1.82) is 0 Å². The molecule has 0 heterocycles. The summed E-state index contributed by atoms with van der Waals surface area (Å²) in [6, 6.07) is 0. The Labute approximate surface area is 117 Å². The van der Waals surface area contributed by atoms with E-state index in [1.54, 1.807) is 0 Å². The zero-order valence-corrected chi connectivity index (χ0v) is 13.2. The number of carbonyl (C=O) groups is 1. The Morgan fingerprint density at radius 1 is 1.33 bits per heavy atom. The molecule has 1 unspecified atom stereocenters. The Morgan fingerprint density at radius 2 is 2.00 bits per heavy atom. The first kappa shape index (κ1) is 15.8. The summed E-state index contributed by atoms with van der Waals surface area (Å²) in [6.07, 6.45) is 12.1. The van der Waals surface area contributed by atoms with Gasteiger partial charge in [-0.3, -0.25) is 4.79 Å². The third-order valence-electron chi connectivity index (χ3n) is 4.48. The molecule has 0 aromatic carbocycles. The molecule has 18 heavy (non-hydrogen) atoms. The molecule has 1 aliphatic rings. The number of hydrogen-bond donors (Lipinski definition) is 0. The third-order valence-corrected chi connectivity index (χ3v) is 6.13. The lowest BCUT2D eigenvalue weighted by Gasteiger charge is -2.31. The van der Waals surface area contributed by atoms with Crippen molar-refractivity contribution in [3.05, 3.63) is 11.6 Å². The maximum absolute atomic E-state index is 11.2. The molecule has 1 nitrogen and oxygen atoms in total. The van der Waals surface area contributed by atoms with Crippen LogP contribution in [0.25, 0.3) is 0 Å². The van der Waals surface area contributed by atoms with Crippen LogP contribution in [0.1, 0.15) is 65.7 Å². The summed E-state index contributed by atoms with van der Waals surface area (Å²) in [4.78, 5) is 11.2. The van der Waals surface area contributed by atoms with Crippen molar-refractivity contribution in [2.45, 2.75) is 70.5 Å². The number of hydrogen-bond acceptors (Lipinski definition) is 2. The van der Waals surface area contributed by atoms with E-state index in [1.807, 2.05) is 17.8 Å². The Bertz CT molecular complexity index is 294. The molecule has 1 rings (SSSR count). The normalized spacial score (nSPS) is 18.0. The maximum Gasteiger partial charge on any atom is 0.155 e. The fourth-order valence-electron chi connectivity index (χ4n) is 2.87. The topological polar surface area (TPSA) is 17.1 Å². The van der Waals surface area contributed by atoms with Gasteiger partial charge < -0.3 is 0 Å². The van der Waals surface area contributed by atoms with E-state index >= 15 is 0 Å². The van der Waals surface area contributed by atoms with Crippen molar-refractivity contribution in [2.75, 3.05) is 6.26 Å². The lowest BCUT2D eigenvalue weighted by Crippen LogP contribution is -2.23. The molecule has 0 aromatic rings. The minimum absolute atomic E-state index is 0.331. The zero-order valence-electron chi connectivity index (χ0n) is 12.4. The molecule has 0 radical (unpaired) electrons. The molecule has 0 aromatic heterocycles. The quantitative estimate of drug-likeness (QED) is 0.616. The second-order valence-electron chi connectivity index (χ2n) is 5.71. The van der Waals surface area contributed by atoms with Gasteiger partial charge in [0.05, 0.1) is 0 Å². The summed E-state index contributed by atoms with van der Waals surface area (Å²) in [7, 11) is 0. The molecule has 1 aliphatic carbocycles. The highest BCUT2D eigenvalue weighted by atomic mass is 32.2. The predicted octanol–water partition coefficient (Wildman–Crippen LogP) is 5.00. The number of rotatable bonds is 8.